The molecule has 1 aromatic carbocycles. The van der Waals surface area contributed by atoms with Gasteiger partial charge in [-0.3, -0.25) is 4.79 Å². The van der Waals surface area contributed by atoms with Gasteiger partial charge in [0.2, 0.25) is 5.91 Å². The van der Waals surface area contributed by atoms with Crippen molar-refractivity contribution in [3.63, 3.8) is 0 Å². The quantitative estimate of drug-likeness (QED) is 0.860. The van der Waals surface area contributed by atoms with Crippen molar-refractivity contribution in [3.05, 3.63) is 36.2 Å². The van der Waals surface area contributed by atoms with Gasteiger partial charge in [0, 0.05) is 12.7 Å². The van der Waals surface area contributed by atoms with Gasteiger partial charge in [-0.25, -0.2) is 0 Å². The molecule has 0 radical (unpaired) electrons. The van der Waals surface area contributed by atoms with Crippen LogP contribution in [0.3, 0.4) is 0 Å². The van der Waals surface area contributed by atoms with E-state index in [4.69, 9.17) is 0 Å². The lowest BCUT2D eigenvalue weighted by atomic mass is 10.1. The van der Waals surface area contributed by atoms with Crippen molar-refractivity contribution in [2.75, 3.05) is 5.32 Å². The van der Waals surface area contributed by atoms with Gasteiger partial charge in [0.25, 0.3) is 0 Å². The smallest absolute Gasteiger partial charge is 0.237 e. The maximum absolute atomic E-state index is 12.1. The van der Waals surface area contributed by atoms with Crippen molar-refractivity contribution in [1.29, 1.82) is 0 Å². The Labute approximate surface area is 122 Å². The number of carbonyl (C=O) groups excluding carboxylic acids is 1. The predicted octanol–water partition coefficient (Wildman–Crippen LogP) is 2.50. The molecule has 5 nitrogen and oxygen atoms in total. The molecule has 1 unspecified atom stereocenters. The van der Waals surface area contributed by atoms with Gasteiger partial charge in [-0.15, -0.1) is 10.2 Å². The Morgan fingerprint density at radius 2 is 2.10 bits per heavy atom. The van der Waals surface area contributed by atoms with Crippen molar-refractivity contribution >= 4 is 23.4 Å². The van der Waals surface area contributed by atoms with Crippen molar-refractivity contribution in [1.82, 2.24) is 14.8 Å². The highest BCUT2D eigenvalue weighted by atomic mass is 32.2. The standard InChI is InChI=1S/C14H18N4OS/c1-4-11-5-7-12(8-6-11)16-13(19)10(2)20-14-17-15-9-18(14)3/h5-10H,4H2,1-3H3,(H,16,19). The summed E-state index contributed by atoms with van der Waals surface area (Å²) in [6.07, 6.45) is 2.61. The van der Waals surface area contributed by atoms with E-state index in [1.54, 1.807) is 10.9 Å². The Hall–Kier alpha value is -1.82. The number of hydrogen-bond acceptors (Lipinski definition) is 4. The number of hydrogen-bond donors (Lipinski definition) is 1. The largest absolute Gasteiger partial charge is 0.325 e. The van der Waals surface area contributed by atoms with Crippen molar-refractivity contribution in [2.45, 2.75) is 30.7 Å². The zero-order chi connectivity index (χ0) is 14.5. The van der Waals surface area contributed by atoms with E-state index >= 15 is 0 Å². The van der Waals surface area contributed by atoms with Crippen LogP contribution in [0.25, 0.3) is 0 Å². The first-order valence-corrected chi connectivity index (χ1v) is 7.38. The topological polar surface area (TPSA) is 59.8 Å². The molecule has 20 heavy (non-hydrogen) atoms. The minimum Gasteiger partial charge on any atom is -0.325 e. The number of aromatic nitrogens is 3. The summed E-state index contributed by atoms with van der Waals surface area (Å²) >= 11 is 1.39. The fourth-order valence-corrected chi connectivity index (χ4v) is 2.45. The number of carbonyl (C=O) groups is 1. The lowest BCUT2D eigenvalue weighted by molar-refractivity contribution is -0.115. The molecule has 2 rings (SSSR count). The molecule has 0 aliphatic heterocycles. The maximum Gasteiger partial charge on any atom is 0.237 e. The number of benzene rings is 1. The number of nitrogens with zero attached hydrogens (tertiary/aromatic N) is 3. The van der Waals surface area contributed by atoms with Crippen LogP contribution < -0.4 is 5.32 Å². The number of thioether (sulfide) groups is 1. The molecule has 6 heteroatoms. The summed E-state index contributed by atoms with van der Waals surface area (Å²) in [4.78, 5) is 12.1. The second kappa shape index (κ2) is 6.56. The molecule has 106 valence electrons. The number of amides is 1. The van der Waals surface area contributed by atoms with E-state index in [-0.39, 0.29) is 11.2 Å². The molecule has 0 bridgehead atoms. The molecule has 1 heterocycles. The van der Waals surface area contributed by atoms with Crippen molar-refractivity contribution in [3.8, 4) is 0 Å². The van der Waals surface area contributed by atoms with Gasteiger partial charge in [-0.05, 0) is 31.0 Å². The highest BCUT2D eigenvalue weighted by Gasteiger charge is 2.17. The Kier molecular flexibility index (Phi) is 4.79. The fraction of sp³-hybridized carbons (Fsp3) is 0.357. The summed E-state index contributed by atoms with van der Waals surface area (Å²) < 4.78 is 1.80. The molecule has 0 fully saturated rings. The number of aryl methyl sites for hydroxylation is 2. The minimum absolute atomic E-state index is 0.0396. The van der Waals surface area contributed by atoms with Crippen LogP contribution in [-0.2, 0) is 18.3 Å². The molecule has 1 aromatic heterocycles. The Balaban J connectivity index is 1.95. The second-order valence-electron chi connectivity index (χ2n) is 4.52. The van der Waals surface area contributed by atoms with Crippen molar-refractivity contribution < 1.29 is 4.79 Å². The van der Waals surface area contributed by atoms with Gasteiger partial charge in [0.1, 0.15) is 6.33 Å². The van der Waals surface area contributed by atoms with Crippen LogP contribution in [0.4, 0.5) is 5.69 Å². The third kappa shape index (κ3) is 3.60. The summed E-state index contributed by atoms with van der Waals surface area (Å²) in [5.74, 6) is -0.0396. The van der Waals surface area contributed by atoms with Crippen molar-refractivity contribution in [2.24, 2.45) is 7.05 Å². The summed E-state index contributed by atoms with van der Waals surface area (Å²) in [6, 6.07) is 7.90. The SMILES string of the molecule is CCc1ccc(NC(=O)C(C)Sc2nncn2C)cc1. The highest BCUT2D eigenvalue weighted by molar-refractivity contribution is 8.00. The summed E-state index contributed by atoms with van der Waals surface area (Å²) in [6.45, 7) is 3.96. The molecule has 0 saturated carbocycles. The van der Waals surface area contributed by atoms with Gasteiger partial charge in [-0.2, -0.15) is 0 Å². The van der Waals surface area contributed by atoms with E-state index in [1.165, 1.54) is 17.3 Å². The Morgan fingerprint density at radius 3 is 2.65 bits per heavy atom. The molecule has 1 amide bonds. The van der Waals surface area contributed by atoms with Crippen LogP contribution in [-0.4, -0.2) is 25.9 Å². The van der Waals surface area contributed by atoms with E-state index in [2.05, 4.69) is 22.4 Å². The van der Waals surface area contributed by atoms with Gasteiger partial charge in [0.15, 0.2) is 5.16 Å². The van der Waals surface area contributed by atoms with Gasteiger partial charge in [-0.1, -0.05) is 30.8 Å². The molecular weight excluding hydrogens is 272 g/mol. The fourth-order valence-electron chi connectivity index (χ4n) is 1.66. The maximum atomic E-state index is 12.1. The normalized spacial score (nSPS) is 12.2. The molecule has 0 spiro atoms. The van der Waals surface area contributed by atoms with E-state index in [9.17, 15) is 4.79 Å². The lowest BCUT2D eigenvalue weighted by Crippen LogP contribution is -2.22. The molecule has 0 saturated heterocycles. The molecule has 0 aliphatic rings. The van der Waals surface area contributed by atoms with Crippen LogP contribution in [0.2, 0.25) is 0 Å². The summed E-state index contributed by atoms with van der Waals surface area (Å²) in [5, 5.41) is 11.2. The molecular formula is C14H18N4OS. The van der Waals surface area contributed by atoms with Crippen LogP contribution >= 0.6 is 11.8 Å². The van der Waals surface area contributed by atoms with Crippen LogP contribution in [0.1, 0.15) is 19.4 Å². The zero-order valence-corrected chi connectivity index (χ0v) is 12.6. The minimum atomic E-state index is -0.233. The van der Waals surface area contributed by atoms with E-state index in [0.717, 1.165) is 17.3 Å². The Bertz CT molecular complexity index is 579. The molecule has 2 aromatic rings. The van der Waals surface area contributed by atoms with Crippen LogP contribution in [0.5, 0.6) is 0 Å². The average molecular weight is 290 g/mol. The number of nitrogens with one attached hydrogen (secondary N) is 1. The number of rotatable bonds is 5. The lowest BCUT2D eigenvalue weighted by Gasteiger charge is -2.11. The molecule has 0 aliphatic carbocycles. The highest BCUT2D eigenvalue weighted by Crippen LogP contribution is 2.21. The van der Waals surface area contributed by atoms with E-state index < -0.39 is 0 Å². The first-order valence-electron chi connectivity index (χ1n) is 6.50. The third-order valence-electron chi connectivity index (χ3n) is 2.95. The first-order chi connectivity index (χ1) is 9.60. The zero-order valence-electron chi connectivity index (χ0n) is 11.8. The summed E-state index contributed by atoms with van der Waals surface area (Å²) in [7, 11) is 1.86. The van der Waals surface area contributed by atoms with Crippen LogP contribution in [0.15, 0.2) is 35.7 Å². The molecule has 1 atom stereocenters. The van der Waals surface area contributed by atoms with Gasteiger partial charge >= 0.3 is 0 Å². The monoisotopic (exact) mass is 290 g/mol. The molecule has 1 N–H and O–H groups in total. The summed E-state index contributed by atoms with van der Waals surface area (Å²) in [5.41, 5.74) is 2.07. The van der Waals surface area contributed by atoms with Crippen LogP contribution in [0, 0.1) is 0 Å². The average Bonchev–Trinajstić information content (AvgIpc) is 2.85. The Morgan fingerprint density at radius 1 is 1.40 bits per heavy atom. The van der Waals surface area contributed by atoms with Gasteiger partial charge in [0.05, 0.1) is 5.25 Å². The predicted molar refractivity (Wildman–Crippen MR) is 80.8 cm³/mol. The third-order valence-corrected chi connectivity index (χ3v) is 4.10. The van der Waals surface area contributed by atoms with E-state index in [1.807, 2.05) is 38.2 Å². The van der Waals surface area contributed by atoms with Gasteiger partial charge < -0.3 is 9.88 Å². The first kappa shape index (κ1) is 14.6. The van der Waals surface area contributed by atoms with E-state index in [0.29, 0.717) is 0 Å². The second-order valence-corrected chi connectivity index (χ2v) is 5.83. The number of anilines is 1.